The maximum atomic E-state index is 11.2. The second kappa shape index (κ2) is 5.64. The van der Waals surface area contributed by atoms with E-state index in [1.165, 1.54) is 19.3 Å². The summed E-state index contributed by atoms with van der Waals surface area (Å²) in [6, 6.07) is 0.295. The van der Waals surface area contributed by atoms with Gasteiger partial charge in [-0.2, -0.15) is 0 Å². The van der Waals surface area contributed by atoms with Crippen molar-refractivity contribution in [1.82, 2.24) is 10.3 Å². The fourth-order valence-corrected chi connectivity index (χ4v) is 2.63. The van der Waals surface area contributed by atoms with Gasteiger partial charge in [0, 0.05) is 19.0 Å². The largest absolute Gasteiger partial charge is 0.300 e. The molecule has 1 rings (SSSR count). The summed E-state index contributed by atoms with van der Waals surface area (Å²) >= 11 is 0. The van der Waals surface area contributed by atoms with E-state index in [1.807, 2.05) is 0 Å². The van der Waals surface area contributed by atoms with Crippen molar-refractivity contribution in [2.45, 2.75) is 52.5 Å². The molecular formula is C12H25N3O. The van der Waals surface area contributed by atoms with Crippen LogP contribution in [0.5, 0.6) is 0 Å². The van der Waals surface area contributed by atoms with Crippen LogP contribution < -0.4 is 11.3 Å². The standard InChI is InChI=1S/C12H25N3O/c1-4-12(5-2)6-7-15(9-12)10(3)8-11(16)14-13/h10H,4-9,13H2,1-3H3,(H,14,16). The van der Waals surface area contributed by atoms with Crippen molar-refractivity contribution in [2.24, 2.45) is 11.3 Å². The summed E-state index contributed by atoms with van der Waals surface area (Å²) in [6.07, 6.45) is 4.22. The zero-order valence-electron chi connectivity index (χ0n) is 10.8. The van der Waals surface area contributed by atoms with Gasteiger partial charge in [0.2, 0.25) is 5.91 Å². The van der Waals surface area contributed by atoms with Crippen LogP contribution in [0.4, 0.5) is 0 Å². The molecule has 0 aromatic rings. The summed E-state index contributed by atoms with van der Waals surface area (Å²) in [5.41, 5.74) is 2.68. The molecule has 1 fully saturated rings. The van der Waals surface area contributed by atoms with Crippen LogP contribution in [0.3, 0.4) is 0 Å². The Hall–Kier alpha value is -0.610. The van der Waals surface area contributed by atoms with E-state index >= 15 is 0 Å². The molecule has 4 heteroatoms. The average molecular weight is 227 g/mol. The van der Waals surface area contributed by atoms with Gasteiger partial charge >= 0.3 is 0 Å². The van der Waals surface area contributed by atoms with Crippen molar-refractivity contribution in [3.05, 3.63) is 0 Å². The van der Waals surface area contributed by atoms with Crippen molar-refractivity contribution < 1.29 is 4.79 Å². The third kappa shape index (κ3) is 2.95. The molecule has 0 bridgehead atoms. The van der Waals surface area contributed by atoms with Crippen molar-refractivity contribution >= 4 is 5.91 Å². The third-order valence-electron chi connectivity index (χ3n) is 4.23. The fraction of sp³-hybridized carbons (Fsp3) is 0.917. The number of likely N-dealkylation sites (tertiary alicyclic amines) is 1. The van der Waals surface area contributed by atoms with E-state index in [2.05, 4.69) is 31.1 Å². The lowest BCUT2D eigenvalue weighted by Gasteiger charge is -2.29. The summed E-state index contributed by atoms with van der Waals surface area (Å²) in [6.45, 7) is 8.88. The van der Waals surface area contributed by atoms with Gasteiger partial charge in [-0.3, -0.25) is 15.1 Å². The third-order valence-corrected chi connectivity index (χ3v) is 4.23. The number of nitrogens with two attached hydrogens (primary N) is 1. The number of carbonyl (C=O) groups excluding carboxylic acids is 1. The van der Waals surface area contributed by atoms with Gasteiger partial charge < -0.3 is 0 Å². The number of carbonyl (C=O) groups is 1. The lowest BCUT2D eigenvalue weighted by Crippen LogP contribution is -2.39. The SMILES string of the molecule is CCC1(CC)CCN(C(C)CC(=O)NN)C1. The Morgan fingerprint density at radius 1 is 1.50 bits per heavy atom. The number of rotatable bonds is 5. The molecule has 0 saturated carbocycles. The Morgan fingerprint density at radius 3 is 2.56 bits per heavy atom. The molecule has 3 N–H and O–H groups in total. The Kier molecular flexibility index (Phi) is 4.74. The molecule has 94 valence electrons. The number of nitrogens with zero attached hydrogens (tertiary/aromatic N) is 1. The minimum atomic E-state index is -0.0713. The van der Waals surface area contributed by atoms with Gasteiger partial charge in [0.05, 0.1) is 0 Å². The summed E-state index contributed by atoms with van der Waals surface area (Å²) in [7, 11) is 0. The first kappa shape index (κ1) is 13.5. The number of hydrazine groups is 1. The quantitative estimate of drug-likeness (QED) is 0.422. The van der Waals surface area contributed by atoms with Crippen LogP contribution in [-0.4, -0.2) is 29.9 Å². The number of hydrogen-bond acceptors (Lipinski definition) is 3. The van der Waals surface area contributed by atoms with E-state index in [-0.39, 0.29) is 5.91 Å². The second-order valence-electron chi connectivity index (χ2n) is 5.05. The maximum Gasteiger partial charge on any atom is 0.235 e. The first-order valence-corrected chi connectivity index (χ1v) is 6.30. The van der Waals surface area contributed by atoms with Gasteiger partial charge in [-0.05, 0) is 38.1 Å². The molecule has 1 heterocycles. The van der Waals surface area contributed by atoms with Gasteiger partial charge in [-0.1, -0.05) is 13.8 Å². The molecule has 0 radical (unpaired) electrons. The Morgan fingerprint density at radius 2 is 2.12 bits per heavy atom. The highest BCUT2D eigenvalue weighted by Gasteiger charge is 2.36. The molecule has 1 saturated heterocycles. The van der Waals surface area contributed by atoms with E-state index in [9.17, 15) is 4.79 Å². The number of amides is 1. The first-order valence-electron chi connectivity index (χ1n) is 6.30. The monoisotopic (exact) mass is 227 g/mol. The highest BCUT2D eigenvalue weighted by molar-refractivity contribution is 5.75. The van der Waals surface area contributed by atoms with Crippen LogP contribution in [0, 0.1) is 5.41 Å². The molecule has 0 aromatic heterocycles. The summed E-state index contributed by atoms with van der Waals surface area (Å²) in [4.78, 5) is 13.6. The zero-order valence-corrected chi connectivity index (χ0v) is 10.8. The molecule has 0 aromatic carbocycles. The smallest absolute Gasteiger partial charge is 0.235 e. The molecule has 1 aliphatic rings. The van der Waals surface area contributed by atoms with Crippen LogP contribution in [0.2, 0.25) is 0 Å². The molecular weight excluding hydrogens is 202 g/mol. The van der Waals surface area contributed by atoms with E-state index in [1.54, 1.807) is 0 Å². The van der Waals surface area contributed by atoms with Crippen LogP contribution >= 0.6 is 0 Å². The lowest BCUT2D eigenvalue weighted by atomic mass is 9.82. The Labute approximate surface area is 98.5 Å². The molecule has 16 heavy (non-hydrogen) atoms. The molecule has 1 aliphatic heterocycles. The Bertz CT molecular complexity index is 238. The first-order chi connectivity index (χ1) is 7.56. The minimum Gasteiger partial charge on any atom is -0.300 e. The van der Waals surface area contributed by atoms with Crippen LogP contribution in [0.25, 0.3) is 0 Å². The predicted octanol–water partition coefficient (Wildman–Crippen LogP) is 1.27. The summed E-state index contributed by atoms with van der Waals surface area (Å²) in [5.74, 6) is 5.04. The summed E-state index contributed by atoms with van der Waals surface area (Å²) in [5, 5.41) is 0. The second-order valence-corrected chi connectivity index (χ2v) is 5.05. The van der Waals surface area contributed by atoms with Gasteiger partial charge in [0.15, 0.2) is 0 Å². The van der Waals surface area contributed by atoms with Crippen LogP contribution in [0.1, 0.15) is 46.5 Å². The zero-order chi connectivity index (χ0) is 12.2. The molecule has 0 spiro atoms. The highest BCUT2D eigenvalue weighted by Crippen LogP contribution is 2.37. The summed E-state index contributed by atoms with van der Waals surface area (Å²) < 4.78 is 0. The molecule has 4 nitrogen and oxygen atoms in total. The van der Waals surface area contributed by atoms with Crippen molar-refractivity contribution in [2.75, 3.05) is 13.1 Å². The van der Waals surface area contributed by atoms with Gasteiger partial charge in [0.1, 0.15) is 0 Å². The minimum absolute atomic E-state index is 0.0713. The molecule has 1 amide bonds. The molecule has 1 atom stereocenters. The molecule has 1 unspecified atom stereocenters. The normalized spacial score (nSPS) is 22.0. The topological polar surface area (TPSA) is 58.4 Å². The van der Waals surface area contributed by atoms with Crippen molar-refractivity contribution in [3.63, 3.8) is 0 Å². The van der Waals surface area contributed by atoms with E-state index in [0.29, 0.717) is 17.9 Å². The van der Waals surface area contributed by atoms with Crippen molar-refractivity contribution in [1.29, 1.82) is 0 Å². The van der Waals surface area contributed by atoms with E-state index in [0.717, 1.165) is 13.1 Å². The van der Waals surface area contributed by atoms with E-state index in [4.69, 9.17) is 5.84 Å². The van der Waals surface area contributed by atoms with Gasteiger partial charge in [-0.15, -0.1) is 0 Å². The molecule has 0 aliphatic carbocycles. The highest BCUT2D eigenvalue weighted by atomic mass is 16.2. The van der Waals surface area contributed by atoms with Crippen molar-refractivity contribution in [3.8, 4) is 0 Å². The van der Waals surface area contributed by atoms with Crippen LogP contribution in [-0.2, 0) is 4.79 Å². The number of hydrogen-bond donors (Lipinski definition) is 2. The predicted molar refractivity (Wildman–Crippen MR) is 65.6 cm³/mol. The van der Waals surface area contributed by atoms with Crippen LogP contribution in [0.15, 0.2) is 0 Å². The fourth-order valence-electron chi connectivity index (χ4n) is 2.63. The lowest BCUT2D eigenvalue weighted by molar-refractivity contribution is -0.122. The van der Waals surface area contributed by atoms with Gasteiger partial charge in [-0.25, -0.2) is 5.84 Å². The Balaban J connectivity index is 2.49. The van der Waals surface area contributed by atoms with Gasteiger partial charge in [0.25, 0.3) is 0 Å². The average Bonchev–Trinajstić information content (AvgIpc) is 2.74. The van der Waals surface area contributed by atoms with E-state index < -0.39 is 0 Å². The number of nitrogens with one attached hydrogen (secondary N) is 1. The maximum absolute atomic E-state index is 11.2.